The quantitative estimate of drug-likeness (QED) is 0.0744. The van der Waals surface area contributed by atoms with Crippen LogP contribution in [0.25, 0.3) is 0 Å². The Kier molecular flexibility index (Phi) is 14.3. The van der Waals surface area contributed by atoms with Crippen LogP contribution in [0.2, 0.25) is 0 Å². The Bertz CT molecular complexity index is 1290. The molecule has 258 valence electrons. The van der Waals surface area contributed by atoms with Gasteiger partial charge in [0.15, 0.2) is 0 Å². The molecule has 20 heteroatoms. The Morgan fingerprint density at radius 1 is 1.04 bits per heavy atom. The van der Waals surface area contributed by atoms with Crippen LogP contribution in [-0.4, -0.2) is 115 Å². The predicted octanol–water partition coefficient (Wildman–Crippen LogP) is -3.08. The third kappa shape index (κ3) is 11.8. The molecule has 0 radical (unpaired) electrons. The number of carbonyl (C=O) groups excluding carboxylic acids is 6. The van der Waals surface area contributed by atoms with E-state index in [-0.39, 0.29) is 24.7 Å². The molecule has 0 spiro atoms. The zero-order chi connectivity index (χ0) is 34.8. The summed E-state index contributed by atoms with van der Waals surface area (Å²) in [5.41, 5.74) is 5.66. The highest BCUT2D eigenvalue weighted by Crippen LogP contribution is 2.38. The van der Waals surface area contributed by atoms with Crippen molar-refractivity contribution >= 4 is 43.3 Å². The lowest BCUT2D eigenvalue weighted by Gasteiger charge is -2.28. The van der Waals surface area contributed by atoms with Gasteiger partial charge in [0.05, 0.1) is 19.0 Å². The minimum Gasteiger partial charge on any atom is -0.394 e. The number of hydrogen-bond acceptors (Lipinski definition) is 10. The summed E-state index contributed by atoms with van der Waals surface area (Å²) in [6.07, 6.45) is 2.23. The molecule has 1 aromatic heterocycles. The van der Waals surface area contributed by atoms with Gasteiger partial charge in [0.1, 0.15) is 30.2 Å². The second-order valence-electron chi connectivity index (χ2n) is 11.3. The number of aromatic nitrogens is 2. The molecular weight excluding hydrogens is 631 g/mol. The number of aliphatic hydroxyl groups excluding tert-OH is 1. The molecule has 0 aliphatic carbocycles. The molecule has 1 unspecified atom stereocenters. The molecule has 6 atom stereocenters. The third-order valence-electron chi connectivity index (χ3n) is 7.10. The van der Waals surface area contributed by atoms with Gasteiger partial charge in [-0.15, -0.1) is 0 Å². The average molecular weight is 675 g/mol. The van der Waals surface area contributed by atoms with Crippen LogP contribution in [0.3, 0.4) is 0 Å². The van der Waals surface area contributed by atoms with Crippen molar-refractivity contribution in [3.63, 3.8) is 0 Å². The van der Waals surface area contributed by atoms with E-state index in [9.17, 15) is 38.4 Å². The van der Waals surface area contributed by atoms with Gasteiger partial charge in [0, 0.05) is 31.8 Å². The van der Waals surface area contributed by atoms with E-state index in [0.717, 1.165) is 6.92 Å². The Morgan fingerprint density at radius 2 is 1.65 bits per heavy atom. The highest BCUT2D eigenvalue weighted by atomic mass is 31.2. The van der Waals surface area contributed by atoms with Crippen molar-refractivity contribution < 1.29 is 52.7 Å². The average Bonchev–Trinajstić information content (AvgIpc) is 3.64. The number of nitrogens with two attached hydrogens (primary N) is 1. The summed E-state index contributed by atoms with van der Waals surface area (Å²) in [5.74, 6) is -4.89. The number of primary amides is 1. The summed E-state index contributed by atoms with van der Waals surface area (Å²) in [6, 6.07) is -6.67. The zero-order valence-electron chi connectivity index (χ0n) is 26.0. The smallest absolute Gasteiger partial charge is 0.394 e. The monoisotopic (exact) mass is 674 g/mol. The van der Waals surface area contributed by atoms with E-state index in [0.29, 0.717) is 25.1 Å². The van der Waals surface area contributed by atoms with Crippen LogP contribution in [0.5, 0.6) is 0 Å². The molecule has 1 aliphatic rings. The summed E-state index contributed by atoms with van der Waals surface area (Å²) in [7, 11) is -5.08. The lowest BCUT2D eigenvalue weighted by atomic mass is 10.0. The van der Waals surface area contributed by atoms with E-state index in [2.05, 4.69) is 35.8 Å². The fourth-order valence-corrected chi connectivity index (χ4v) is 5.46. The van der Waals surface area contributed by atoms with Crippen molar-refractivity contribution in [3.05, 3.63) is 18.2 Å². The highest BCUT2D eigenvalue weighted by molar-refractivity contribution is 7.46. The lowest BCUT2D eigenvalue weighted by molar-refractivity contribution is -0.139. The Hall–Kier alpha value is -3.90. The highest BCUT2D eigenvalue weighted by Gasteiger charge is 2.37. The molecule has 1 aromatic rings. The largest absolute Gasteiger partial charge is 0.469 e. The summed E-state index contributed by atoms with van der Waals surface area (Å²) < 4.78 is 15.6. The number of rotatable bonds is 17. The summed E-state index contributed by atoms with van der Waals surface area (Å²) in [5, 5.41) is 19.5. The van der Waals surface area contributed by atoms with E-state index in [1.807, 2.05) is 13.8 Å². The minimum atomic E-state index is -5.08. The van der Waals surface area contributed by atoms with Crippen LogP contribution < -0.4 is 27.0 Å². The fraction of sp³-hybridized carbons (Fsp3) is 0.654. The number of phosphoric acid groups is 1. The van der Waals surface area contributed by atoms with Crippen molar-refractivity contribution in [1.29, 1.82) is 0 Å². The first-order valence-corrected chi connectivity index (χ1v) is 16.1. The van der Waals surface area contributed by atoms with Gasteiger partial charge in [-0.1, -0.05) is 13.8 Å². The van der Waals surface area contributed by atoms with E-state index in [4.69, 9.17) is 15.5 Å². The number of phosphoric ester groups is 1. The van der Waals surface area contributed by atoms with Crippen LogP contribution in [0.15, 0.2) is 12.5 Å². The van der Waals surface area contributed by atoms with Crippen molar-refractivity contribution in [2.24, 2.45) is 11.7 Å². The van der Waals surface area contributed by atoms with Crippen LogP contribution >= 0.6 is 7.82 Å². The summed E-state index contributed by atoms with van der Waals surface area (Å²) in [4.78, 5) is 103. The molecule has 0 aromatic carbocycles. The lowest BCUT2D eigenvalue weighted by Crippen LogP contribution is -2.61. The van der Waals surface area contributed by atoms with Crippen molar-refractivity contribution in [2.45, 2.75) is 89.7 Å². The molecule has 1 saturated heterocycles. The molecule has 0 bridgehead atoms. The molecule has 2 heterocycles. The van der Waals surface area contributed by atoms with E-state index in [1.54, 1.807) is 0 Å². The Morgan fingerprint density at radius 3 is 2.17 bits per heavy atom. The number of carbonyl (C=O) groups is 6. The number of aromatic amines is 1. The maximum atomic E-state index is 13.5. The number of nitrogens with one attached hydrogen (secondary N) is 5. The number of nitrogens with zero attached hydrogens (tertiary/aromatic N) is 2. The number of imidazole rings is 1. The zero-order valence-corrected chi connectivity index (χ0v) is 26.9. The van der Waals surface area contributed by atoms with Crippen LogP contribution in [0, 0.1) is 5.92 Å². The fourth-order valence-electron chi connectivity index (χ4n) is 4.90. The topological polar surface area (TPSA) is 295 Å². The van der Waals surface area contributed by atoms with Gasteiger partial charge in [0.25, 0.3) is 0 Å². The van der Waals surface area contributed by atoms with Crippen molar-refractivity contribution in [1.82, 2.24) is 36.1 Å². The molecule has 2 rings (SSSR count). The second kappa shape index (κ2) is 17.1. The molecule has 1 aliphatic heterocycles. The van der Waals surface area contributed by atoms with Crippen molar-refractivity contribution in [3.8, 4) is 0 Å². The number of H-pyrrole nitrogens is 1. The van der Waals surface area contributed by atoms with E-state index < -0.39 is 80.3 Å². The molecule has 0 saturated carbocycles. The number of aliphatic hydroxyl groups is 1. The molecule has 6 amide bonds. The normalized spacial score (nSPS) is 18.2. The predicted molar refractivity (Wildman–Crippen MR) is 159 cm³/mol. The van der Waals surface area contributed by atoms with Gasteiger partial charge < -0.3 is 51.8 Å². The van der Waals surface area contributed by atoms with Gasteiger partial charge in [-0.2, -0.15) is 0 Å². The molecular formula is C26H43N8O11P. The third-order valence-corrected chi connectivity index (χ3v) is 7.71. The molecule has 1 fully saturated rings. The summed E-state index contributed by atoms with van der Waals surface area (Å²) in [6.45, 7) is 5.50. The van der Waals surface area contributed by atoms with Gasteiger partial charge in [-0.3, -0.25) is 33.3 Å². The number of likely N-dealkylation sites (tertiary alicyclic amines) is 1. The SMILES string of the molecule is CC(=O)N1CCCC1C(=O)N[C@@H](CC(C)C)C(=O)N[C@@H](Cc1cnc[nH]1)C(=O)N[C@@H](CO)C(=O)N[C@H](C(N)=O)[C@@H](C)OP(=O)(O)O. The van der Waals surface area contributed by atoms with Crippen molar-refractivity contribution in [2.75, 3.05) is 13.2 Å². The van der Waals surface area contributed by atoms with Gasteiger partial charge in [-0.05, 0) is 32.1 Å². The molecule has 10 N–H and O–H groups in total. The van der Waals surface area contributed by atoms with Crippen LogP contribution in [0.1, 0.15) is 52.7 Å². The standard InChI is InChI=1S/C26H43N8O11P/c1-13(2)8-17(31-26(41)20-6-5-7-34(20)15(4)36)23(38)30-18(9-16-10-28-12-29-16)24(39)32-19(11-35)25(40)33-21(22(27)37)14(3)45-46(42,43)44/h10,12-14,17-21,35H,5-9,11H2,1-4H3,(H2,27,37)(H,28,29)(H,30,38)(H,31,41)(H,32,39)(H,33,40)(H2,42,43,44)/t14-,17+,18+,19+,20?,21+/m1/s1. The van der Waals surface area contributed by atoms with Gasteiger partial charge in [0.2, 0.25) is 35.4 Å². The summed E-state index contributed by atoms with van der Waals surface area (Å²) >= 11 is 0. The Labute approximate surface area is 265 Å². The number of amides is 6. The second-order valence-corrected chi connectivity index (χ2v) is 12.5. The number of hydrogen-bond donors (Lipinski definition) is 9. The van der Waals surface area contributed by atoms with E-state index >= 15 is 0 Å². The van der Waals surface area contributed by atoms with Crippen LogP contribution in [0.4, 0.5) is 0 Å². The first-order valence-electron chi connectivity index (χ1n) is 14.5. The first-order chi connectivity index (χ1) is 21.4. The first kappa shape index (κ1) is 38.3. The van der Waals surface area contributed by atoms with Gasteiger partial charge >= 0.3 is 7.82 Å². The minimum absolute atomic E-state index is 0.0685. The molecule has 46 heavy (non-hydrogen) atoms. The van der Waals surface area contributed by atoms with Crippen LogP contribution in [-0.2, 0) is 44.3 Å². The van der Waals surface area contributed by atoms with E-state index in [1.165, 1.54) is 24.3 Å². The molecule has 19 nitrogen and oxygen atoms in total. The van der Waals surface area contributed by atoms with Gasteiger partial charge in [-0.25, -0.2) is 9.55 Å². The maximum absolute atomic E-state index is 13.5. The Balaban J connectivity index is 2.23. The maximum Gasteiger partial charge on any atom is 0.469 e.